The third-order valence-electron chi connectivity index (χ3n) is 9.85. The number of pyridine rings is 2. The second-order valence-electron chi connectivity index (χ2n) is 12.8. The quantitative estimate of drug-likeness (QED) is 0.184. The SMILES string of the molecule is c1ccc2cc(-c3nc(-c4ccc(-c5nccc6oc7ccccc7c56)c5ccccc45)nc(-c4nccc5oc6ccccc6c45)n3)ccc2c1. The van der Waals surface area contributed by atoms with Gasteiger partial charge in [0.15, 0.2) is 17.5 Å². The van der Waals surface area contributed by atoms with Gasteiger partial charge < -0.3 is 8.83 Å². The van der Waals surface area contributed by atoms with Crippen LogP contribution in [0.2, 0.25) is 0 Å². The van der Waals surface area contributed by atoms with Crippen molar-refractivity contribution < 1.29 is 8.83 Å². The van der Waals surface area contributed by atoms with Gasteiger partial charge in [0.05, 0.1) is 16.5 Å². The molecule has 0 amide bonds. The molecule has 0 aliphatic heterocycles. The highest BCUT2D eigenvalue weighted by Gasteiger charge is 2.21. The molecule has 7 nitrogen and oxygen atoms in total. The first-order chi connectivity index (χ1) is 25.8. The summed E-state index contributed by atoms with van der Waals surface area (Å²) in [5.74, 6) is 1.57. The predicted molar refractivity (Wildman–Crippen MR) is 207 cm³/mol. The van der Waals surface area contributed by atoms with Crippen LogP contribution in [-0.2, 0) is 0 Å². The third kappa shape index (κ3) is 4.36. The van der Waals surface area contributed by atoms with Crippen molar-refractivity contribution in [2.75, 3.05) is 0 Å². The molecular weight excluding hydrogens is 643 g/mol. The van der Waals surface area contributed by atoms with Gasteiger partial charge >= 0.3 is 0 Å². The fraction of sp³-hybridized carbons (Fsp3) is 0. The zero-order chi connectivity index (χ0) is 34.2. The summed E-state index contributed by atoms with van der Waals surface area (Å²) in [5, 5.41) is 8.12. The molecular formula is C45H25N5O2. The minimum absolute atomic E-state index is 0.467. The highest BCUT2D eigenvalue weighted by molar-refractivity contribution is 6.15. The van der Waals surface area contributed by atoms with Crippen molar-refractivity contribution in [2.24, 2.45) is 0 Å². The van der Waals surface area contributed by atoms with E-state index in [4.69, 9.17) is 33.8 Å². The highest BCUT2D eigenvalue weighted by atomic mass is 16.3. The van der Waals surface area contributed by atoms with E-state index in [0.29, 0.717) is 23.2 Å². The van der Waals surface area contributed by atoms with Gasteiger partial charge in [-0.3, -0.25) is 9.97 Å². The number of benzene rings is 6. The topological polar surface area (TPSA) is 90.7 Å². The fourth-order valence-corrected chi connectivity index (χ4v) is 7.47. The maximum atomic E-state index is 6.23. The van der Waals surface area contributed by atoms with Gasteiger partial charge in [-0.1, -0.05) is 103 Å². The van der Waals surface area contributed by atoms with Gasteiger partial charge in [-0.05, 0) is 57.9 Å². The highest BCUT2D eigenvalue weighted by Crippen LogP contribution is 2.41. The summed E-state index contributed by atoms with van der Waals surface area (Å²) in [6, 6.07) is 47.0. The van der Waals surface area contributed by atoms with E-state index in [2.05, 4.69) is 66.7 Å². The Hall–Kier alpha value is -7.25. The monoisotopic (exact) mass is 667 g/mol. The van der Waals surface area contributed by atoms with E-state index in [1.807, 2.05) is 79.0 Å². The fourth-order valence-electron chi connectivity index (χ4n) is 7.47. The van der Waals surface area contributed by atoms with Crippen LogP contribution in [0.25, 0.3) is 111 Å². The van der Waals surface area contributed by atoms with Crippen LogP contribution in [-0.4, -0.2) is 24.9 Å². The normalized spacial score (nSPS) is 11.8. The summed E-state index contributed by atoms with van der Waals surface area (Å²) in [7, 11) is 0. The molecule has 0 aliphatic rings. The summed E-state index contributed by atoms with van der Waals surface area (Å²) in [5.41, 5.74) is 7.40. The van der Waals surface area contributed by atoms with Crippen LogP contribution >= 0.6 is 0 Å². The average molecular weight is 668 g/mol. The van der Waals surface area contributed by atoms with Crippen molar-refractivity contribution in [3.05, 3.63) is 152 Å². The van der Waals surface area contributed by atoms with Crippen molar-refractivity contribution in [3.63, 3.8) is 0 Å². The molecule has 0 spiro atoms. The zero-order valence-corrected chi connectivity index (χ0v) is 27.5. The van der Waals surface area contributed by atoms with Crippen molar-refractivity contribution in [1.82, 2.24) is 24.9 Å². The number of hydrogen-bond acceptors (Lipinski definition) is 7. The number of nitrogens with zero attached hydrogens (tertiary/aromatic N) is 5. The molecule has 52 heavy (non-hydrogen) atoms. The molecule has 11 aromatic rings. The lowest BCUT2D eigenvalue weighted by Crippen LogP contribution is -2.02. The minimum Gasteiger partial charge on any atom is -0.456 e. The van der Waals surface area contributed by atoms with Gasteiger partial charge in [-0.25, -0.2) is 15.0 Å². The number of rotatable bonds is 4. The molecule has 6 aromatic carbocycles. The van der Waals surface area contributed by atoms with Crippen molar-refractivity contribution in [2.45, 2.75) is 0 Å². The van der Waals surface area contributed by atoms with Crippen molar-refractivity contribution in [1.29, 1.82) is 0 Å². The lowest BCUT2D eigenvalue weighted by Gasteiger charge is -2.13. The van der Waals surface area contributed by atoms with Crippen molar-refractivity contribution >= 4 is 65.4 Å². The van der Waals surface area contributed by atoms with Crippen LogP contribution in [0.15, 0.2) is 161 Å². The largest absolute Gasteiger partial charge is 0.456 e. The molecule has 11 rings (SSSR count). The van der Waals surface area contributed by atoms with Gasteiger partial charge in [0, 0.05) is 39.9 Å². The van der Waals surface area contributed by atoms with E-state index in [9.17, 15) is 0 Å². The summed E-state index contributed by atoms with van der Waals surface area (Å²) in [6.45, 7) is 0. The molecule has 0 saturated heterocycles. The second-order valence-corrected chi connectivity index (χ2v) is 12.8. The average Bonchev–Trinajstić information content (AvgIpc) is 3.79. The molecule has 0 fully saturated rings. The van der Waals surface area contributed by atoms with Crippen LogP contribution in [0.4, 0.5) is 0 Å². The smallest absolute Gasteiger partial charge is 0.183 e. The second kappa shape index (κ2) is 11.1. The number of hydrogen-bond donors (Lipinski definition) is 0. The standard InChI is InChI=1S/C45H25N5O2/c1-2-10-27-25-28(18-17-26(27)9-1)43-48-44(50-45(49-43)42-40-34-14-6-8-16-36(34)52-38(40)22-24-47-42)32-20-19-31(29-11-3-4-12-30(29)32)41-39-33-13-5-7-15-35(33)51-37(39)21-23-46-41/h1-25H. The molecule has 0 unspecified atom stereocenters. The lowest BCUT2D eigenvalue weighted by molar-refractivity contribution is 0.668. The molecule has 7 heteroatoms. The van der Waals surface area contributed by atoms with Crippen molar-refractivity contribution in [3.8, 4) is 45.6 Å². The number of aromatic nitrogens is 5. The first-order valence-electron chi connectivity index (χ1n) is 17.1. The molecule has 0 radical (unpaired) electrons. The first kappa shape index (κ1) is 28.6. The van der Waals surface area contributed by atoms with E-state index in [1.54, 1.807) is 6.20 Å². The van der Waals surface area contributed by atoms with Gasteiger partial charge in [-0.15, -0.1) is 0 Å². The van der Waals surface area contributed by atoms with E-state index in [-0.39, 0.29) is 0 Å². The Morgan fingerprint density at radius 2 is 0.904 bits per heavy atom. The van der Waals surface area contributed by atoms with Gasteiger partial charge in [0.1, 0.15) is 28.0 Å². The Morgan fingerprint density at radius 1 is 0.365 bits per heavy atom. The summed E-state index contributed by atoms with van der Waals surface area (Å²) < 4.78 is 12.5. The van der Waals surface area contributed by atoms with Crippen LogP contribution in [0.1, 0.15) is 0 Å². The van der Waals surface area contributed by atoms with Crippen LogP contribution in [0.5, 0.6) is 0 Å². The van der Waals surface area contributed by atoms with E-state index in [0.717, 1.165) is 87.8 Å². The van der Waals surface area contributed by atoms with Gasteiger partial charge in [0.2, 0.25) is 0 Å². The van der Waals surface area contributed by atoms with Gasteiger partial charge in [-0.2, -0.15) is 0 Å². The Bertz CT molecular complexity index is 3220. The van der Waals surface area contributed by atoms with Crippen LogP contribution < -0.4 is 0 Å². The molecule has 0 aliphatic carbocycles. The minimum atomic E-state index is 0.467. The van der Waals surface area contributed by atoms with E-state index < -0.39 is 0 Å². The Labute approximate surface area is 295 Å². The predicted octanol–water partition coefficient (Wildman–Crippen LogP) is 11.4. The molecule has 0 N–H and O–H groups in total. The third-order valence-corrected chi connectivity index (χ3v) is 9.85. The van der Waals surface area contributed by atoms with E-state index in [1.165, 1.54) is 0 Å². The number of furan rings is 2. The molecule has 0 atom stereocenters. The van der Waals surface area contributed by atoms with E-state index >= 15 is 0 Å². The maximum Gasteiger partial charge on any atom is 0.183 e. The van der Waals surface area contributed by atoms with Crippen LogP contribution in [0.3, 0.4) is 0 Å². The number of fused-ring (bicyclic) bond motifs is 8. The maximum absolute atomic E-state index is 6.23. The molecule has 242 valence electrons. The van der Waals surface area contributed by atoms with Crippen LogP contribution in [0, 0.1) is 0 Å². The molecule has 0 saturated carbocycles. The Balaban J connectivity index is 1.17. The molecule has 5 aromatic heterocycles. The zero-order valence-electron chi connectivity index (χ0n) is 27.5. The Morgan fingerprint density at radius 3 is 1.63 bits per heavy atom. The Kier molecular flexibility index (Phi) is 6.12. The molecule has 5 heterocycles. The number of para-hydroxylation sites is 2. The summed E-state index contributed by atoms with van der Waals surface area (Å²) in [6.07, 6.45) is 3.56. The summed E-state index contributed by atoms with van der Waals surface area (Å²) in [4.78, 5) is 25.2. The molecule has 0 bridgehead atoms. The summed E-state index contributed by atoms with van der Waals surface area (Å²) >= 11 is 0. The van der Waals surface area contributed by atoms with Gasteiger partial charge in [0.25, 0.3) is 0 Å². The first-order valence-corrected chi connectivity index (χ1v) is 17.1. The lowest BCUT2D eigenvalue weighted by atomic mass is 9.95.